The lowest BCUT2D eigenvalue weighted by molar-refractivity contribution is -0.145. The maximum atomic E-state index is 11.5. The van der Waals surface area contributed by atoms with Gasteiger partial charge in [-0.15, -0.1) is 0 Å². The molecule has 1 fully saturated rings. The van der Waals surface area contributed by atoms with Gasteiger partial charge >= 0.3 is 5.97 Å². The van der Waals surface area contributed by atoms with Gasteiger partial charge in [0.25, 0.3) is 0 Å². The van der Waals surface area contributed by atoms with Gasteiger partial charge in [-0.2, -0.15) is 0 Å². The average molecular weight is 285 g/mol. The van der Waals surface area contributed by atoms with Gasteiger partial charge in [-0.1, -0.05) is 6.92 Å². The van der Waals surface area contributed by atoms with E-state index in [0.29, 0.717) is 19.0 Å². The van der Waals surface area contributed by atoms with E-state index < -0.39 is 11.5 Å². The van der Waals surface area contributed by atoms with Crippen molar-refractivity contribution < 1.29 is 9.90 Å². The SMILES string of the molecule is CCNC(C)(CC(C)N1CCCN(C)CC1C)C(=O)O. The Hall–Kier alpha value is -0.650. The Kier molecular flexibility index (Phi) is 6.43. The Balaban J connectivity index is 2.72. The Bertz CT molecular complexity index is 324. The van der Waals surface area contributed by atoms with Crippen LogP contribution < -0.4 is 5.32 Å². The van der Waals surface area contributed by atoms with Crippen molar-refractivity contribution in [1.82, 2.24) is 15.1 Å². The van der Waals surface area contributed by atoms with Crippen molar-refractivity contribution in [3.05, 3.63) is 0 Å². The fourth-order valence-corrected chi connectivity index (χ4v) is 3.38. The Labute approximate surface area is 123 Å². The van der Waals surface area contributed by atoms with Crippen molar-refractivity contribution in [2.75, 3.05) is 33.2 Å². The molecular formula is C15H31N3O2. The average Bonchev–Trinajstić information content (AvgIpc) is 2.49. The van der Waals surface area contributed by atoms with Gasteiger partial charge in [-0.05, 0) is 60.3 Å². The summed E-state index contributed by atoms with van der Waals surface area (Å²) in [6.45, 7) is 12.0. The first-order valence-electron chi connectivity index (χ1n) is 7.73. The van der Waals surface area contributed by atoms with Crippen molar-refractivity contribution in [3.8, 4) is 0 Å². The van der Waals surface area contributed by atoms with Crippen LogP contribution in [0.5, 0.6) is 0 Å². The van der Waals surface area contributed by atoms with E-state index in [-0.39, 0.29) is 6.04 Å². The molecule has 0 amide bonds. The number of nitrogens with zero attached hydrogens (tertiary/aromatic N) is 2. The molecule has 20 heavy (non-hydrogen) atoms. The number of nitrogens with one attached hydrogen (secondary N) is 1. The van der Waals surface area contributed by atoms with E-state index in [0.717, 1.165) is 26.1 Å². The van der Waals surface area contributed by atoms with Gasteiger partial charge in [0, 0.05) is 18.6 Å². The first-order valence-corrected chi connectivity index (χ1v) is 7.73. The fourth-order valence-electron chi connectivity index (χ4n) is 3.38. The van der Waals surface area contributed by atoms with Gasteiger partial charge in [-0.3, -0.25) is 9.69 Å². The van der Waals surface area contributed by atoms with Crippen molar-refractivity contribution >= 4 is 5.97 Å². The number of rotatable bonds is 6. The van der Waals surface area contributed by atoms with E-state index in [1.54, 1.807) is 6.92 Å². The molecule has 0 saturated carbocycles. The van der Waals surface area contributed by atoms with Crippen LogP contribution in [0.3, 0.4) is 0 Å². The van der Waals surface area contributed by atoms with E-state index >= 15 is 0 Å². The highest BCUT2D eigenvalue weighted by Crippen LogP contribution is 2.20. The molecule has 1 aliphatic heterocycles. The molecule has 0 aromatic heterocycles. The molecule has 1 rings (SSSR count). The highest BCUT2D eigenvalue weighted by Gasteiger charge is 2.36. The van der Waals surface area contributed by atoms with E-state index in [2.05, 4.69) is 36.0 Å². The van der Waals surface area contributed by atoms with Crippen molar-refractivity contribution in [1.29, 1.82) is 0 Å². The molecule has 3 atom stereocenters. The van der Waals surface area contributed by atoms with Crippen LogP contribution in [-0.2, 0) is 4.79 Å². The second kappa shape index (κ2) is 7.38. The molecular weight excluding hydrogens is 254 g/mol. The van der Waals surface area contributed by atoms with Crippen LogP contribution in [0.15, 0.2) is 0 Å². The van der Waals surface area contributed by atoms with Crippen LogP contribution in [0.25, 0.3) is 0 Å². The summed E-state index contributed by atoms with van der Waals surface area (Å²) < 4.78 is 0. The van der Waals surface area contributed by atoms with Gasteiger partial charge in [-0.25, -0.2) is 0 Å². The summed E-state index contributed by atoms with van der Waals surface area (Å²) in [6, 6.07) is 0.730. The number of carboxylic acid groups (broad SMARTS) is 1. The number of hydrogen-bond donors (Lipinski definition) is 2. The van der Waals surface area contributed by atoms with Crippen LogP contribution in [0.1, 0.15) is 40.5 Å². The minimum Gasteiger partial charge on any atom is -0.480 e. The maximum Gasteiger partial charge on any atom is 0.323 e. The third kappa shape index (κ3) is 4.43. The lowest BCUT2D eigenvalue weighted by Gasteiger charge is -2.38. The van der Waals surface area contributed by atoms with Crippen LogP contribution in [0.2, 0.25) is 0 Å². The van der Waals surface area contributed by atoms with Crippen molar-refractivity contribution in [3.63, 3.8) is 0 Å². The Morgan fingerprint density at radius 1 is 1.50 bits per heavy atom. The summed E-state index contributed by atoms with van der Waals surface area (Å²) in [5.74, 6) is -0.759. The summed E-state index contributed by atoms with van der Waals surface area (Å²) in [5.41, 5.74) is -0.841. The second-order valence-corrected chi connectivity index (χ2v) is 6.42. The second-order valence-electron chi connectivity index (χ2n) is 6.42. The number of likely N-dealkylation sites (N-methyl/N-ethyl adjacent to an activating group) is 2. The lowest BCUT2D eigenvalue weighted by atomic mass is 9.92. The summed E-state index contributed by atoms with van der Waals surface area (Å²) >= 11 is 0. The zero-order valence-electron chi connectivity index (χ0n) is 13.6. The molecule has 0 aromatic carbocycles. The molecule has 0 radical (unpaired) electrons. The minimum absolute atomic E-state index is 0.261. The molecule has 0 bridgehead atoms. The van der Waals surface area contributed by atoms with Crippen molar-refractivity contribution in [2.45, 2.75) is 58.2 Å². The maximum absolute atomic E-state index is 11.5. The molecule has 2 N–H and O–H groups in total. The molecule has 0 aliphatic carbocycles. The normalized spacial score (nSPS) is 26.8. The van der Waals surface area contributed by atoms with Crippen LogP contribution >= 0.6 is 0 Å². The minimum atomic E-state index is -0.841. The van der Waals surface area contributed by atoms with E-state index in [4.69, 9.17) is 0 Å². The van der Waals surface area contributed by atoms with E-state index in [1.807, 2.05) is 6.92 Å². The summed E-state index contributed by atoms with van der Waals surface area (Å²) in [7, 11) is 2.16. The van der Waals surface area contributed by atoms with Crippen molar-refractivity contribution in [2.24, 2.45) is 0 Å². The van der Waals surface area contributed by atoms with E-state index in [9.17, 15) is 9.90 Å². The van der Waals surface area contributed by atoms with Crippen LogP contribution in [-0.4, -0.2) is 71.7 Å². The monoisotopic (exact) mass is 285 g/mol. The fraction of sp³-hybridized carbons (Fsp3) is 0.933. The van der Waals surface area contributed by atoms with Gasteiger partial charge in [0.2, 0.25) is 0 Å². The largest absolute Gasteiger partial charge is 0.480 e. The molecule has 5 heteroatoms. The quantitative estimate of drug-likeness (QED) is 0.769. The topological polar surface area (TPSA) is 55.8 Å². The Morgan fingerprint density at radius 2 is 2.15 bits per heavy atom. The molecule has 1 aliphatic rings. The van der Waals surface area contributed by atoms with Gasteiger partial charge < -0.3 is 15.3 Å². The zero-order valence-corrected chi connectivity index (χ0v) is 13.6. The van der Waals surface area contributed by atoms with E-state index in [1.165, 1.54) is 0 Å². The first kappa shape index (κ1) is 17.4. The summed E-state index contributed by atoms with van der Waals surface area (Å²) in [5, 5.41) is 12.6. The molecule has 5 nitrogen and oxygen atoms in total. The zero-order chi connectivity index (χ0) is 15.3. The predicted molar refractivity (Wildman–Crippen MR) is 82.1 cm³/mol. The molecule has 3 unspecified atom stereocenters. The van der Waals surface area contributed by atoms with Gasteiger partial charge in [0.05, 0.1) is 0 Å². The molecule has 1 heterocycles. The molecule has 1 saturated heterocycles. The standard InChI is InChI=1S/C15H31N3O2/c1-6-16-15(4,14(19)20)10-12(2)18-9-7-8-17(5)11-13(18)3/h12-13,16H,6-11H2,1-5H3,(H,19,20). The third-order valence-corrected chi connectivity index (χ3v) is 4.41. The van der Waals surface area contributed by atoms with Crippen LogP contribution in [0.4, 0.5) is 0 Å². The first-order chi connectivity index (χ1) is 9.30. The predicted octanol–water partition coefficient (Wildman–Crippen LogP) is 1.24. The highest BCUT2D eigenvalue weighted by molar-refractivity contribution is 5.78. The third-order valence-electron chi connectivity index (χ3n) is 4.41. The molecule has 0 aromatic rings. The highest BCUT2D eigenvalue weighted by atomic mass is 16.4. The molecule has 118 valence electrons. The Morgan fingerprint density at radius 3 is 2.70 bits per heavy atom. The number of carbonyl (C=O) groups is 1. The summed E-state index contributed by atoms with van der Waals surface area (Å²) in [6.07, 6.45) is 1.78. The van der Waals surface area contributed by atoms with Gasteiger partial charge in [0.1, 0.15) is 5.54 Å². The summed E-state index contributed by atoms with van der Waals surface area (Å²) in [4.78, 5) is 16.4. The number of hydrogen-bond acceptors (Lipinski definition) is 4. The molecule has 0 spiro atoms. The van der Waals surface area contributed by atoms with Crippen LogP contribution in [0, 0.1) is 0 Å². The number of carboxylic acids is 1. The number of aliphatic carboxylic acids is 1. The lowest BCUT2D eigenvalue weighted by Crippen LogP contribution is -2.55. The smallest absolute Gasteiger partial charge is 0.323 e. The van der Waals surface area contributed by atoms with Gasteiger partial charge in [0.15, 0.2) is 0 Å².